The number of rotatable bonds is 4. The van der Waals surface area contributed by atoms with Gasteiger partial charge in [-0.25, -0.2) is 0 Å². The summed E-state index contributed by atoms with van der Waals surface area (Å²) in [5, 5.41) is 7.68. The summed E-state index contributed by atoms with van der Waals surface area (Å²) in [6, 6.07) is 6.34. The van der Waals surface area contributed by atoms with Gasteiger partial charge in [-0.3, -0.25) is 9.67 Å². The van der Waals surface area contributed by atoms with Crippen molar-refractivity contribution in [3.8, 4) is 0 Å². The van der Waals surface area contributed by atoms with Crippen molar-refractivity contribution in [3.05, 3.63) is 47.5 Å². The fourth-order valence-corrected chi connectivity index (χ4v) is 1.91. The molecule has 0 fully saturated rings. The maximum atomic E-state index is 4.35. The largest absolute Gasteiger partial charge is 0.305 e. The highest BCUT2D eigenvalue weighted by atomic mass is 15.3. The van der Waals surface area contributed by atoms with Crippen LogP contribution in [0, 0.1) is 6.92 Å². The topological polar surface area (TPSA) is 42.7 Å². The summed E-state index contributed by atoms with van der Waals surface area (Å²) in [7, 11) is 1.96. The van der Waals surface area contributed by atoms with Crippen LogP contribution < -0.4 is 5.32 Å². The van der Waals surface area contributed by atoms with Crippen LogP contribution in [-0.2, 0) is 7.05 Å². The van der Waals surface area contributed by atoms with Crippen LogP contribution in [0.4, 0.5) is 0 Å². The van der Waals surface area contributed by atoms with Gasteiger partial charge in [0.05, 0.1) is 11.7 Å². The molecule has 90 valence electrons. The van der Waals surface area contributed by atoms with Crippen LogP contribution in [-0.4, -0.2) is 21.3 Å². The van der Waals surface area contributed by atoms with Gasteiger partial charge < -0.3 is 5.32 Å². The minimum Gasteiger partial charge on any atom is -0.305 e. The molecule has 0 amide bonds. The third-order valence-corrected chi connectivity index (χ3v) is 2.83. The maximum absolute atomic E-state index is 4.35. The number of pyridine rings is 1. The van der Waals surface area contributed by atoms with E-state index in [0.29, 0.717) is 0 Å². The lowest BCUT2D eigenvalue weighted by Gasteiger charge is -2.18. The molecule has 2 aromatic heterocycles. The Morgan fingerprint density at radius 2 is 2.18 bits per heavy atom. The number of aryl methyl sites for hydroxylation is 2. The van der Waals surface area contributed by atoms with Gasteiger partial charge >= 0.3 is 0 Å². The highest BCUT2D eigenvalue weighted by Gasteiger charge is 2.16. The lowest BCUT2D eigenvalue weighted by atomic mass is 10.1. The molecule has 1 atom stereocenters. The first kappa shape index (κ1) is 11.8. The Morgan fingerprint density at radius 1 is 1.35 bits per heavy atom. The van der Waals surface area contributed by atoms with E-state index in [4.69, 9.17) is 0 Å². The number of nitrogens with one attached hydrogen (secondary N) is 1. The summed E-state index contributed by atoms with van der Waals surface area (Å²) in [5.74, 6) is 0. The summed E-state index contributed by atoms with van der Waals surface area (Å²) < 4.78 is 1.90. The predicted molar refractivity (Wildman–Crippen MR) is 67.7 cm³/mol. The molecule has 0 radical (unpaired) electrons. The van der Waals surface area contributed by atoms with Gasteiger partial charge in [0.25, 0.3) is 0 Å². The van der Waals surface area contributed by atoms with Gasteiger partial charge in [-0.15, -0.1) is 0 Å². The molecule has 0 aliphatic rings. The fraction of sp³-hybridized carbons (Fsp3) is 0.385. The fourth-order valence-electron chi connectivity index (χ4n) is 1.91. The van der Waals surface area contributed by atoms with Crippen molar-refractivity contribution in [2.24, 2.45) is 7.05 Å². The normalized spacial score (nSPS) is 12.6. The quantitative estimate of drug-likeness (QED) is 0.871. The molecule has 0 aliphatic heterocycles. The highest BCUT2D eigenvalue weighted by molar-refractivity contribution is 5.26. The average molecular weight is 230 g/mol. The number of nitrogens with zero attached hydrogens (tertiary/aromatic N) is 3. The Balaban J connectivity index is 2.35. The molecule has 0 saturated carbocycles. The van der Waals surface area contributed by atoms with E-state index in [2.05, 4.69) is 28.4 Å². The van der Waals surface area contributed by atoms with Crippen LogP contribution in [0.3, 0.4) is 0 Å². The molecule has 0 bridgehead atoms. The Bertz CT molecular complexity index is 472. The molecule has 4 heteroatoms. The van der Waals surface area contributed by atoms with E-state index in [1.54, 1.807) is 0 Å². The third kappa shape index (κ3) is 2.53. The van der Waals surface area contributed by atoms with Gasteiger partial charge in [0.15, 0.2) is 0 Å². The van der Waals surface area contributed by atoms with E-state index < -0.39 is 0 Å². The Hall–Kier alpha value is -1.68. The van der Waals surface area contributed by atoms with Gasteiger partial charge in [-0.05, 0) is 31.2 Å². The van der Waals surface area contributed by atoms with E-state index in [-0.39, 0.29) is 6.04 Å². The van der Waals surface area contributed by atoms with Crippen molar-refractivity contribution in [2.75, 3.05) is 6.54 Å². The van der Waals surface area contributed by atoms with Gasteiger partial charge in [-0.1, -0.05) is 13.0 Å². The van der Waals surface area contributed by atoms with Crippen molar-refractivity contribution in [2.45, 2.75) is 19.9 Å². The van der Waals surface area contributed by atoms with Crippen LogP contribution >= 0.6 is 0 Å². The first-order chi connectivity index (χ1) is 8.22. The molecule has 2 aromatic rings. The van der Waals surface area contributed by atoms with Crippen LogP contribution in [0.1, 0.15) is 29.9 Å². The average Bonchev–Trinajstić information content (AvgIpc) is 2.74. The maximum Gasteiger partial charge on any atom is 0.0763 e. The third-order valence-electron chi connectivity index (χ3n) is 2.83. The summed E-state index contributed by atoms with van der Waals surface area (Å²) in [6.07, 6.45) is 3.75. The molecule has 2 rings (SSSR count). The number of hydrogen-bond acceptors (Lipinski definition) is 3. The molecular formula is C13H18N4. The lowest BCUT2D eigenvalue weighted by molar-refractivity contribution is 0.571. The van der Waals surface area contributed by atoms with Crippen LogP contribution in [0.25, 0.3) is 0 Å². The van der Waals surface area contributed by atoms with E-state index in [9.17, 15) is 0 Å². The van der Waals surface area contributed by atoms with Crippen molar-refractivity contribution in [3.63, 3.8) is 0 Å². The Morgan fingerprint density at radius 3 is 2.71 bits per heavy atom. The Labute approximate surface area is 102 Å². The second-order valence-corrected chi connectivity index (χ2v) is 4.10. The van der Waals surface area contributed by atoms with E-state index in [1.807, 2.05) is 43.2 Å². The molecule has 4 nitrogen and oxygen atoms in total. The smallest absolute Gasteiger partial charge is 0.0763 e. The van der Waals surface area contributed by atoms with Crippen LogP contribution in [0.5, 0.6) is 0 Å². The zero-order valence-electron chi connectivity index (χ0n) is 10.5. The molecule has 0 spiro atoms. The van der Waals surface area contributed by atoms with Gasteiger partial charge in [0.2, 0.25) is 0 Å². The second-order valence-electron chi connectivity index (χ2n) is 4.10. The van der Waals surface area contributed by atoms with E-state index in [1.165, 1.54) is 5.56 Å². The number of aromatic nitrogens is 3. The first-order valence-electron chi connectivity index (χ1n) is 5.86. The molecular weight excluding hydrogens is 212 g/mol. The van der Waals surface area contributed by atoms with E-state index in [0.717, 1.165) is 17.9 Å². The van der Waals surface area contributed by atoms with Crippen molar-refractivity contribution in [1.29, 1.82) is 0 Å². The molecule has 2 heterocycles. The summed E-state index contributed by atoms with van der Waals surface area (Å²) in [6.45, 7) is 5.00. The van der Waals surface area contributed by atoms with Gasteiger partial charge in [0, 0.05) is 25.1 Å². The SMILES string of the molecule is CCNC(c1ccc(C)nc1)c1ccnn1C. The van der Waals surface area contributed by atoms with Gasteiger partial charge in [0.1, 0.15) is 0 Å². The van der Waals surface area contributed by atoms with E-state index >= 15 is 0 Å². The van der Waals surface area contributed by atoms with Crippen molar-refractivity contribution < 1.29 is 0 Å². The first-order valence-corrected chi connectivity index (χ1v) is 5.86. The lowest BCUT2D eigenvalue weighted by Crippen LogP contribution is -2.24. The number of hydrogen-bond donors (Lipinski definition) is 1. The summed E-state index contributed by atoms with van der Waals surface area (Å²) in [4.78, 5) is 4.35. The van der Waals surface area contributed by atoms with Gasteiger partial charge in [-0.2, -0.15) is 5.10 Å². The minimum atomic E-state index is 0.153. The monoisotopic (exact) mass is 230 g/mol. The van der Waals surface area contributed by atoms with Crippen LogP contribution in [0.2, 0.25) is 0 Å². The zero-order valence-corrected chi connectivity index (χ0v) is 10.5. The molecule has 0 saturated heterocycles. The molecule has 1 unspecified atom stereocenters. The van der Waals surface area contributed by atoms with Crippen molar-refractivity contribution >= 4 is 0 Å². The predicted octanol–water partition coefficient (Wildman–Crippen LogP) is 1.82. The summed E-state index contributed by atoms with van der Waals surface area (Å²) >= 11 is 0. The Kier molecular flexibility index (Phi) is 3.54. The molecule has 17 heavy (non-hydrogen) atoms. The van der Waals surface area contributed by atoms with Crippen LogP contribution in [0.15, 0.2) is 30.6 Å². The van der Waals surface area contributed by atoms with Crippen molar-refractivity contribution in [1.82, 2.24) is 20.1 Å². The molecule has 0 aliphatic carbocycles. The standard InChI is InChI=1S/C13H18N4/c1-4-14-13(12-7-8-16-17(12)3)11-6-5-10(2)15-9-11/h5-9,13-14H,4H2,1-3H3. The highest BCUT2D eigenvalue weighted by Crippen LogP contribution is 2.20. The molecule has 1 N–H and O–H groups in total. The second kappa shape index (κ2) is 5.10. The zero-order chi connectivity index (χ0) is 12.3. The molecule has 0 aromatic carbocycles. The summed E-state index contributed by atoms with van der Waals surface area (Å²) in [5.41, 5.74) is 3.35. The minimum absolute atomic E-state index is 0.153.